The molecule has 9 heteroatoms. The number of morpholine rings is 1. The van der Waals surface area contributed by atoms with Gasteiger partial charge in [0.05, 0.1) is 30.2 Å². The van der Waals surface area contributed by atoms with E-state index in [2.05, 4.69) is 26.4 Å². The van der Waals surface area contributed by atoms with Gasteiger partial charge >= 0.3 is 0 Å². The Morgan fingerprint density at radius 2 is 2.16 bits per heavy atom. The third kappa shape index (κ3) is 4.18. The van der Waals surface area contributed by atoms with Gasteiger partial charge in [-0.05, 0) is 56.4 Å². The van der Waals surface area contributed by atoms with Gasteiger partial charge in [-0.25, -0.2) is 14.5 Å². The Hall–Kier alpha value is -3.04. The molecule has 1 aliphatic carbocycles. The van der Waals surface area contributed by atoms with Crippen LogP contribution in [0.5, 0.6) is 0 Å². The van der Waals surface area contributed by atoms with Crippen LogP contribution in [0, 0.1) is 0 Å². The average molecular weight is 451 g/mol. The lowest BCUT2D eigenvalue weighted by atomic mass is 9.97. The molecule has 1 aliphatic heterocycles. The van der Waals surface area contributed by atoms with Crippen LogP contribution in [0.1, 0.15) is 30.2 Å². The molecule has 1 amide bonds. The van der Waals surface area contributed by atoms with Gasteiger partial charge in [-0.15, -0.1) is 11.3 Å². The summed E-state index contributed by atoms with van der Waals surface area (Å²) < 4.78 is 6.97. The molecule has 0 spiro atoms. The number of ether oxygens (including phenoxy) is 1. The highest BCUT2D eigenvalue weighted by molar-refractivity contribution is 7.19. The number of anilines is 2. The monoisotopic (exact) mass is 450 g/mol. The van der Waals surface area contributed by atoms with Crippen LogP contribution in [0.3, 0.4) is 0 Å². The highest BCUT2D eigenvalue weighted by Gasteiger charge is 2.20. The summed E-state index contributed by atoms with van der Waals surface area (Å²) in [5, 5.41) is 8.92. The van der Waals surface area contributed by atoms with Crippen LogP contribution in [0.15, 0.2) is 36.9 Å². The number of carbonyl (C=O) groups is 1. The summed E-state index contributed by atoms with van der Waals surface area (Å²) in [5.74, 6) is 0.915. The van der Waals surface area contributed by atoms with Crippen molar-refractivity contribution in [2.45, 2.75) is 38.6 Å². The molecule has 4 aromatic rings. The lowest BCUT2D eigenvalue weighted by molar-refractivity contribution is -0.125. The average Bonchev–Trinajstić information content (AvgIpc) is 3.44. The molecule has 0 saturated carbocycles. The number of carbonyl (C=O) groups excluding carboxylic acids is 1. The number of hydrogen-bond acceptors (Lipinski definition) is 7. The molecule has 8 nitrogen and oxygen atoms in total. The Kier molecular flexibility index (Phi) is 6.00. The van der Waals surface area contributed by atoms with E-state index in [-0.39, 0.29) is 6.04 Å². The first-order valence-electron chi connectivity index (χ1n) is 11.0. The summed E-state index contributed by atoms with van der Waals surface area (Å²) in [4.78, 5) is 23.6. The van der Waals surface area contributed by atoms with Crippen LogP contribution in [-0.2, 0) is 22.4 Å². The van der Waals surface area contributed by atoms with E-state index in [1.165, 1.54) is 35.1 Å². The number of nitrogens with one attached hydrogen (secondary N) is 1. The molecule has 5 heterocycles. The van der Waals surface area contributed by atoms with Crippen LogP contribution >= 0.6 is 11.3 Å². The van der Waals surface area contributed by atoms with Crippen LogP contribution < -0.4 is 5.32 Å². The largest absolute Gasteiger partial charge is 0.377 e. The molecule has 0 bridgehead atoms. The number of aryl methyl sites for hydroxylation is 2. The molecule has 0 radical (unpaired) electrons. The van der Waals surface area contributed by atoms with Crippen molar-refractivity contribution in [2.24, 2.45) is 0 Å². The summed E-state index contributed by atoms with van der Waals surface area (Å²) in [6, 6.07) is 6.36. The first-order valence-corrected chi connectivity index (χ1v) is 11.8. The Morgan fingerprint density at radius 3 is 3.00 bits per heavy atom. The van der Waals surface area contributed by atoms with Crippen molar-refractivity contribution >= 4 is 45.0 Å². The molecule has 4 aromatic heterocycles. The fraction of sp³-hybridized carbons (Fsp3) is 0.391. The minimum atomic E-state index is 0.260. The van der Waals surface area contributed by atoms with Gasteiger partial charge in [-0.1, -0.05) is 0 Å². The number of rotatable bonds is 3. The molecule has 2 aliphatic rings. The van der Waals surface area contributed by atoms with E-state index in [1.807, 2.05) is 41.1 Å². The van der Waals surface area contributed by atoms with E-state index in [0.29, 0.717) is 13.2 Å². The van der Waals surface area contributed by atoms with Crippen molar-refractivity contribution in [1.29, 1.82) is 0 Å². The van der Waals surface area contributed by atoms with E-state index in [4.69, 9.17) is 4.74 Å². The molecule has 166 valence electrons. The summed E-state index contributed by atoms with van der Waals surface area (Å²) in [6.07, 6.45) is 11.2. The molecule has 1 unspecified atom stereocenters. The lowest BCUT2D eigenvalue weighted by Gasteiger charge is -2.29. The predicted molar refractivity (Wildman–Crippen MR) is 126 cm³/mol. The molecule has 6 rings (SSSR count). The maximum atomic E-state index is 10.2. The first-order chi connectivity index (χ1) is 15.7. The second kappa shape index (κ2) is 9.22. The smallest absolute Gasteiger partial charge is 0.210 e. The number of fused-ring (bicyclic) bond motifs is 4. The fourth-order valence-electron chi connectivity index (χ4n) is 4.22. The van der Waals surface area contributed by atoms with E-state index in [1.54, 1.807) is 17.4 Å². The zero-order chi connectivity index (χ0) is 21.9. The third-order valence-corrected chi connectivity index (χ3v) is 7.17. The van der Waals surface area contributed by atoms with Crippen molar-refractivity contribution in [3.05, 3.63) is 47.4 Å². The number of nitrogens with zero attached hydrogens (tertiary/aromatic N) is 5. The highest BCUT2D eigenvalue weighted by atomic mass is 32.1. The third-order valence-electron chi connectivity index (χ3n) is 5.97. The molecule has 1 atom stereocenters. The standard InChI is InChI=1S/C17H15N5S.C6H11NO2/c1-2-4-14-13(3-1)15-16(18-10-19-17(15)23-14)21-11-6-8-22-12(9-11)5-7-20-22;1-6-4-9-3-2-7(6)5-8/h5-10H,1-4H2,(H,18,19,21);5-6H,2-4H2,1H3. The highest BCUT2D eigenvalue weighted by Crippen LogP contribution is 2.38. The zero-order valence-corrected chi connectivity index (χ0v) is 18.8. The maximum absolute atomic E-state index is 10.2. The number of hydrogen-bond donors (Lipinski definition) is 1. The Bertz CT molecular complexity index is 1240. The van der Waals surface area contributed by atoms with Gasteiger partial charge in [0.25, 0.3) is 0 Å². The van der Waals surface area contributed by atoms with Gasteiger partial charge in [0.2, 0.25) is 6.41 Å². The van der Waals surface area contributed by atoms with Crippen molar-refractivity contribution in [1.82, 2.24) is 24.5 Å². The minimum absolute atomic E-state index is 0.260. The van der Waals surface area contributed by atoms with E-state index in [0.717, 1.165) is 41.2 Å². The van der Waals surface area contributed by atoms with Crippen molar-refractivity contribution in [3.63, 3.8) is 0 Å². The minimum Gasteiger partial charge on any atom is -0.377 e. The molecule has 1 saturated heterocycles. The summed E-state index contributed by atoms with van der Waals surface area (Å²) in [5.41, 5.74) is 3.53. The molecule has 1 N–H and O–H groups in total. The van der Waals surface area contributed by atoms with Crippen LogP contribution in [0.2, 0.25) is 0 Å². The van der Waals surface area contributed by atoms with Crippen molar-refractivity contribution in [2.75, 3.05) is 25.1 Å². The Labute approximate surface area is 190 Å². The van der Waals surface area contributed by atoms with Crippen molar-refractivity contribution < 1.29 is 9.53 Å². The van der Waals surface area contributed by atoms with Gasteiger partial charge in [-0.3, -0.25) is 4.79 Å². The maximum Gasteiger partial charge on any atom is 0.210 e. The van der Waals surface area contributed by atoms with Crippen LogP contribution in [-0.4, -0.2) is 56.7 Å². The normalized spacial score (nSPS) is 18.2. The second-order valence-electron chi connectivity index (χ2n) is 8.12. The van der Waals surface area contributed by atoms with E-state index < -0.39 is 0 Å². The van der Waals surface area contributed by atoms with Crippen LogP contribution in [0.25, 0.3) is 15.7 Å². The molecule has 0 aromatic carbocycles. The number of aromatic nitrogens is 4. The zero-order valence-electron chi connectivity index (χ0n) is 18.0. The number of pyridine rings is 1. The van der Waals surface area contributed by atoms with Gasteiger partial charge in [0, 0.05) is 29.5 Å². The molecular formula is C23H26N6O2S. The lowest BCUT2D eigenvalue weighted by Crippen LogP contribution is -2.42. The Morgan fingerprint density at radius 1 is 1.25 bits per heavy atom. The topological polar surface area (TPSA) is 84.7 Å². The second-order valence-corrected chi connectivity index (χ2v) is 9.21. The SMILES string of the molecule is CC1COCCN1C=O.c1nc(Nc2ccn3nccc3c2)c2c3c(sc2n1)CCCC3. The van der Waals surface area contributed by atoms with E-state index in [9.17, 15) is 4.79 Å². The number of amides is 1. The Balaban J connectivity index is 0.000000203. The van der Waals surface area contributed by atoms with Gasteiger partial charge in [0.15, 0.2) is 0 Å². The van der Waals surface area contributed by atoms with Gasteiger partial charge < -0.3 is 15.0 Å². The number of thiophene rings is 1. The molecule has 1 fully saturated rings. The van der Waals surface area contributed by atoms with Gasteiger partial charge in [-0.2, -0.15) is 5.10 Å². The summed E-state index contributed by atoms with van der Waals surface area (Å²) >= 11 is 1.82. The fourth-order valence-corrected chi connectivity index (χ4v) is 5.45. The predicted octanol–water partition coefficient (Wildman–Crippen LogP) is 3.82. The molecular weight excluding hydrogens is 424 g/mol. The first kappa shape index (κ1) is 20.8. The van der Waals surface area contributed by atoms with Crippen LogP contribution in [0.4, 0.5) is 11.5 Å². The summed E-state index contributed by atoms with van der Waals surface area (Å²) in [7, 11) is 0. The van der Waals surface area contributed by atoms with E-state index >= 15 is 0 Å². The van der Waals surface area contributed by atoms with Gasteiger partial charge in [0.1, 0.15) is 17.0 Å². The summed E-state index contributed by atoms with van der Waals surface area (Å²) in [6.45, 7) is 4.08. The quantitative estimate of drug-likeness (QED) is 0.478. The molecule has 32 heavy (non-hydrogen) atoms. The van der Waals surface area contributed by atoms with Crippen molar-refractivity contribution in [3.8, 4) is 0 Å².